The van der Waals surface area contributed by atoms with Gasteiger partial charge in [0.25, 0.3) is 0 Å². The van der Waals surface area contributed by atoms with Gasteiger partial charge in [0, 0.05) is 6.61 Å². The molecule has 0 saturated carbocycles. The van der Waals surface area contributed by atoms with Gasteiger partial charge in [-0.15, -0.1) is 0 Å². The molecule has 184 valence electrons. The Morgan fingerprint density at radius 3 is 1.90 bits per heavy atom. The summed E-state index contributed by atoms with van der Waals surface area (Å²) in [6, 6.07) is 0. The van der Waals surface area contributed by atoms with Crippen LogP contribution < -0.4 is 0 Å². The third-order valence-electron chi connectivity index (χ3n) is 6.20. The third-order valence-corrected chi connectivity index (χ3v) is 6.20. The molecule has 1 rings (SSSR count). The monoisotopic (exact) mass is 442 g/mol. The lowest BCUT2D eigenvalue weighted by Gasteiger charge is -2.23. The quantitative estimate of drug-likeness (QED) is 0.166. The number of ether oxygens (including phenoxy) is 2. The highest BCUT2D eigenvalue weighted by Gasteiger charge is 2.40. The molecule has 1 aliphatic heterocycles. The Morgan fingerprint density at radius 2 is 1.35 bits per heavy atom. The maximum Gasteiger partial charge on any atom is 0.114 e. The minimum absolute atomic E-state index is 0.149. The van der Waals surface area contributed by atoms with E-state index in [2.05, 4.69) is 19.1 Å². The number of hydrogen-bond donors (Lipinski definition) is 3. The molecule has 0 aromatic rings. The maximum atomic E-state index is 9.90. The van der Waals surface area contributed by atoms with Crippen LogP contribution in [-0.4, -0.2) is 59.6 Å². The summed E-state index contributed by atoms with van der Waals surface area (Å²) in [5, 5.41) is 28.7. The molecule has 1 saturated heterocycles. The average Bonchev–Trinajstić information content (AvgIpc) is 3.15. The Bertz CT molecular complexity index is 415. The van der Waals surface area contributed by atoms with Gasteiger partial charge in [0.2, 0.25) is 0 Å². The van der Waals surface area contributed by atoms with Crippen molar-refractivity contribution < 1.29 is 24.8 Å². The average molecular weight is 443 g/mol. The van der Waals surface area contributed by atoms with Gasteiger partial charge < -0.3 is 24.8 Å². The van der Waals surface area contributed by atoms with E-state index in [-0.39, 0.29) is 13.2 Å². The molecule has 1 aliphatic rings. The van der Waals surface area contributed by atoms with Crippen LogP contribution in [0, 0.1) is 0 Å². The zero-order valence-corrected chi connectivity index (χ0v) is 20.1. The van der Waals surface area contributed by atoms with Crippen LogP contribution >= 0.6 is 0 Å². The van der Waals surface area contributed by atoms with Crippen molar-refractivity contribution in [1.29, 1.82) is 0 Å². The first-order valence-corrected chi connectivity index (χ1v) is 13.1. The number of unbranched alkanes of at least 4 members (excludes halogenated alkanes) is 14. The summed E-state index contributed by atoms with van der Waals surface area (Å²) in [6.07, 6.45) is 22.5. The minimum atomic E-state index is -1.01. The standard InChI is InChI=1S/C26H50O5/c1-2-3-4-5-6-7-8-9-10-11-12-13-14-15-16-17-18-19-20-30-26-24(29)22-31-25(26)23(28)21-27/h14-15,23-29H,2-13,16-22H2,1H3/b15-14+/t23-,24+,25-,26-/m0/s1. The smallest absolute Gasteiger partial charge is 0.114 e. The molecule has 5 nitrogen and oxygen atoms in total. The van der Waals surface area contributed by atoms with Crippen molar-refractivity contribution in [2.75, 3.05) is 19.8 Å². The van der Waals surface area contributed by atoms with Crippen LogP contribution in [0.3, 0.4) is 0 Å². The Hall–Kier alpha value is -0.460. The molecular formula is C26H50O5. The summed E-state index contributed by atoms with van der Waals surface area (Å²) in [4.78, 5) is 0. The van der Waals surface area contributed by atoms with Gasteiger partial charge in [-0.25, -0.2) is 0 Å². The largest absolute Gasteiger partial charge is 0.394 e. The number of allylic oxidation sites excluding steroid dienone is 2. The van der Waals surface area contributed by atoms with Crippen LogP contribution in [0.4, 0.5) is 0 Å². The molecule has 0 radical (unpaired) electrons. The van der Waals surface area contributed by atoms with Gasteiger partial charge in [-0.1, -0.05) is 89.7 Å². The van der Waals surface area contributed by atoms with Crippen LogP contribution in [0.5, 0.6) is 0 Å². The summed E-state index contributed by atoms with van der Waals surface area (Å²) in [5.41, 5.74) is 0. The lowest BCUT2D eigenvalue weighted by molar-refractivity contribution is -0.0937. The van der Waals surface area contributed by atoms with Crippen molar-refractivity contribution in [1.82, 2.24) is 0 Å². The fourth-order valence-electron chi connectivity index (χ4n) is 4.18. The van der Waals surface area contributed by atoms with E-state index in [0.29, 0.717) is 6.61 Å². The van der Waals surface area contributed by atoms with Crippen LogP contribution in [-0.2, 0) is 9.47 Å². The Labute approximate surface area is 191 Å². The molecule has 0 aromatic heterocycles. The first-order chi connectivity index (χ1) is 15.2. The van der Waals surface area contributed by atoms with Crippen molar-refractivity contribution in [3.8, 4) is 0 Å². The van der Waals surface area contributed by atoms with E-state index < -0.39 is 24.4 Å². The number of aliphatic hydroxyl groups is 3. The van der Waals surface area contributed by atoms with Crippen LogP contribution in [0.2, 0.25) is 0 Å². The molecule has 0 aliphatic carbocycles. The van der Waals surface area contributed by atoms with Crippen molar-refractivity contribution >= 4 is 0 Å². The Kier molecular flexibility index (Phi) is 18.6. The SMILES string of the molecule is CCCCCCCCCCCCC/C=C/CCCCCO[C@@H]1[C@H]([C@@H](O)CO)OC[C@H]1O. The van der Waals surface area contributed by atoms with Gasteiger partial charge in [-0.2, -0.15) is 0 Å². The first kappa shape index (κ1) is 28.6. The molecule has 1 heterocycles. The minimum Gasteiger partial charge on any atom is -0.394 e. The maximum absolute atomic E-state index is 9.90. The normalized spacial score (nSPS) is 22.5. The second kappa shape index (κ2) is 20.2. The zero-order valence-electron chi connectivity index (χ0n) is 20.1. The van der Waals surface area contributed by atoms with Gasteiger partial charge in [-0.05, 0) is 32.1 Å². The molecule has 0 bridgehead atoms. The number of rotatable bonds is 21. The molecule has 0 spiro atoms. The number of aliphatic hydroxyl groups excluding tert-OH is 3. The number of hydrogen-bond acceptors (Lipinski definition) is 5. The second-order valence-corrected chi connectivity index (χ2v) is 9.10. The van der Waals surface area contributed by atoms with Crippen molar-refractivity contribution in [2.24, 2.45) is 0 Å². The molecule has 0 unspecified atom stereocenters. The lowest BCUT2D eigenvalue weighted by Crippen LogP contribution is -2.42. The van der Waals surface area contributed by atoms with Crippen molar-refractivity contribution in [2.45, 2.75) is 134 Å². The van der Waals surface area contributed by atoms with Crippen LogP contribution in [0.1, 0.15) is 110 Å². The fourth-order valence-corrected chi connectivity index (χ4v) is 4.18. The van der Waals surface area contributed by atoms with Gasteiger partial charge >= 0.3 is 0 Å². The van der Waals surface area contributed by atoms with E-state index in [0.717, 1.165) is 25.7 Å². The highest BCUT2D eigenvalue weighted by atomic mass is 16.6. The fraction of sp³-hybridized carbons (Fsp3) is 0.923. The van der Waals surface area contributed by atoms with Gasteiger partial charge in [0.15, 0.2) is 0 Å². The molecule has 0 aromatic carbocycles. The van der Waals surface area contributed by atoms with Crippen LogP contribution in [0.25, 0.3) is 0 Å². The van der Waals surface area contributed by atoms with E-state index >= 15 is 0 Å². The molecule has 0 amide bonds. The van der Waals surface area contributed by atoms with Gasteiger partial charge in [0.05, 0.1) is 13.2 Å². The van der Waals surface area contributed by atoms with E-state index in [9.17, 15) is 10.2 Å². The summed E-state index contributed by atoms with van der Waals surface area (Å²) in [5.74, 6) is 0. The summed E-state index contributed by atoms with van der Waals surface area (Å²) >= 11 is 0. The molecule has 5 heteroatoms. The predicted molar refractivity (Wildman–Crippen MR) is 127 cm³/mol. The van der Waals surface area contributed by atoms with Crippen LogP contribution in [0.15, 0.2) is 12.2 Å². The van der Waals surface area contributed by atoms with Gasteiger partial charge in [-0.3, -0.25) is 0 Å². The van der Waals surface area contributed by atoms with Gasteiger partial charge in [0.1, 0.15) is 24.4 Å². The lowest BCUT2D eigenvalue weighted by atomic mass is 10.1. The summed E-state index contributed by atoms with van der Waals surface area (Å²) in [6.45, 7) is 2.58. The van der Waals surface area contributed by atoms with Crippen molar-refractivity contribution in [3.05, 3.63) is 12.2 Å². The second-order valence-electron chi connectivity index (χ2n) is 9.10. The summed E-state index contributed by atoms with van der Waals surface area (Å²) < 4.78 is 11.0. The molecule has 31 heavy (non-hydrogen) atoms. The summed E-state index contributed by atoms with van der Waals surface area (Å²) in [7, 11) is 0. The molecular weight excluding hydrogens is 392 g/mol. The highest BCUT2D eigenvalue weighted by molar-refractivity contribution is 4.89. The molecule has 1 fully saturated rings. The topological polar surface area (TPSA) is 79.2 Å². The van der Waals surface area contributed by atoms with Crippen molar-refractivity contribution in [3.63, 3.8) is 0 Å². The molecule has 4 atom stereocenters. The first-order valence-electron chi connectivity index (χ1n) is 13.1. The highest BCUT2D eigenvalue weighted by Crippen LogP contribution is 2.21. The zero-order chi connectivity index (χ0) is 22.6. The molecule has 3 N–H and O–H groups in total. The Balaban J connectivity index is 1.84. The predicted octanol–water partition coefficient (Wildman–Crippen LogP) is 5.30. The van der Waals surface area contributed by atoms with E-state index in [1.54, 1.807) is 0 Å². The van der Waals surface area contributed by atoms with E-state index in [1.807, 2.05) is 0 Å². The Morgan fingerprint density at radius 1 is 0.839 bits per heavy atom. The van der Waals surface area contributed by atoms with E-state index in [4.69, 9.17) is 14.6 Å². The van der Waals surface area contributed by atoms with E-state index in [1.165, 1.54) is 77.0 Å². The third kappa shape index (κ3) is 14.3.